The van der Waals surface area contributed by atoms with Crippen LogP contribution >= 0.6 is 0 Å². The van der Waals surface area contributed by atoms with Crippen LogP contribution in [0.5, 0.6) is 5.75 Å². The normalized spacial score (nSPS) is 13.0. The number of aryl methyl sites for hydroxylation is 2. The first-order valence-electron chi connectivity index (χ1n) is 10.5. The van der Waals surface area contributed by atoms with Crippen LogP contribution in [0.3, 0.4) is 0 Å². The Labute approximate surface area is 182 Å². The summed E-state index contributed by atoms with van der Waals surface area (Å²) in [7, 11) is 0. The van der Waals surface area contributed by atoms with Crippen molar-refractivity contribution in [3.8, 4) is 5.75 Å². The molecule has 5 heteroatoms. The number of carbonyl (C=O) groups excluding carboxylic acids is 2. The SMILES string of the molecule is Cc1cccc(NC(=O)COc2cccc3c2CCN(Cc2ccccc2C)C3=O)c1. The van der Waals surface area contributed by atoms with Crippen LogP contribution in [0.1, 0.15) is 32.6 Å². The summed E-state index contributed by atoms with van der Waals surface area (Å²) >= 11 is 0. The maximum Gasteiger partial charge on any atom is 0.262 e. The largest absolute Gasteiger partial charge is 0.483 e. The molecule has 3 aromatic rings. The van der Waals surface area contributed by atoms with E-state index >= 15 is 0 Å². The van der Waals surface area contributed by atoms with E-state index in [0.29, 0.717) is 30.8 Å². The second kappa shape index (κ2) is 9.04. The molecule has 158 valence electrons. The number of benzene rings is 3. The number of rotatable bonds is 6. The van der Waals surface area contributed by atoms with Gasteiger partial charge in [0.1, 0.15) is 5.75 Å². The Morgan fingerprint density at radius 2 is 1.84 bits per heavy atom. The molecule has 4 rings (SSSR count). The predicted octanol–water partition coefficient (Wildman–Crippen LogP) is 4.52. The minimum atomic E-state index is -0.230. The zero-order valence-electron chi connectivity index (χ0n) is 17.9. The highest BCUT2D eigenvalue weighted by molar-refractivity contribution is 5.97. The lowest BCUT2D eigenvalue weighted by atomic mass is 9.97. The van der Waals surface area contributed by atoms with Crippen molar-refractivity contribution in [3.05, 3.63) is 94.5 Å². The van der Waals surface area contributed by atoms with Gasteiger partial charge in [-0.2, -0.15) is 0 Å². The van der Waals surface area contributed by atoms with E-state index in [9.17, 15) is 9.59 Å². The highest BCUT2D eigenvalue weighted by Gasteiger charge is 2.27. The molecule has 0 aliphatic carbocycles. The molecule has 3 aromatic carbocycles. The van der Waals surface area contributed by atoms with Crippen molar-refractivity contribution >= 4 is 17.5 Å². The number of nitrogens with zero attached hydrogens (tertiary/aromatic N) is 1. The van der Waals surface area contributed by atoms with Gasteiger partial charge >= 0.3 is 0 Å². The summed E-state index contributed by atoms with van der Waals surface area (Å²) in [5, 5.41) is 2.84. The van der Waals surface area contributed by atoms with E-state index in [-0.39, 0.29) is 18.4 Å². The van der Waals surface area contributed by atoms with Crippen molar-refractivity contribution < 1.29 is 14.3 Å². The maximum atomic E-state index is 13.1. The first-order chi connectivity index (χ1) is 15.0. The van der Waals surface area contributed by atoms with Crippen molar-refractivity contribution in [1.29, 1.82) is 0 Å². The van der Waals surface area contributed by atoms with Gasteiger partial charge in [0.05, 0.1) is 0 Å². The summed E-state index contributed by atoms with van der Waals surface area (Å²) in [5.41, 5.74) is 5.67. The molecule has 2 amide bonds. The van der Waals surface area contributed by atoms with E-state index in [1.54, 1.807) is 0 Å². The fraction of sp³-hybridized carbons (Fsp3) is 0.231. The summed E-state index contributed by atoms with van der Waals surface area (Å²) < 4.78 is 5.81. The first kappa shape index (κ1) is 20.7. The number of hydrogen-bond acceptors (Lipinski definition) is 3. The molecule has 0 radical (unpaired) electrons. The van der Waals surface area contributed by atoms with Gasteiger partial charge in [-0.1, -0.05) is 42.5 Å². The van der Waals surface area contributed by atoms with Crippen LogP contribution in [-0.2, 0) is 17.8 Å². The van der Waals surface area contributed by atoms with Crippen molar-refractivity contribution in [2.45, 2.75) is 26.8 Å². The number of ether oxygens (including phenoxy) is 1. The molecule has 0 fully saturated rings. The maximum absolute atomic E-state index is 13.1. The Bertz CT molecular complexity index is 1120. The van der Waals surface area contributed by atoms with E-state index in [1.165, 1.54) is 5.56 Å². The summed E-state index contributed by atoms with van der Waals surface area (Å²) in [5.74, 6) is 0.367. The number of amides is 2. The summed E-state index contributed by atoms with van der Waals surface area (Å²) in [6, 6.07) is 21.2. The lowest BCUT2D eigenvalue weighted by Gasteiger charge is -2.30. The second-order valence-electron chi connectivity index (χ2n) is 7.89. The molecule has 0 aromatic heterocycles. The topological polar surface area (TPSA) is 58.6 Å². The van der Waals surface area contributed by atoms with Crippen LogP contribution in [0.25, 0.3) is 0 Å². The van der Waals surface area contributed by atoms with Crippen LogP contribution in [0, 0.1) is 13.8 Å². The van der Waals surface area contributed by atoms with Crippen molar-refractivity contribution in [2.75, 3.05) is 18.5 Å². The minimum absolute atomic E-state index is 0.000773. The summed E-state index contributed by atoms with van der Waals surface area (Å²) in [6.45, 7) is 5.14. The lowest BCUT2D eigenvalue weighted by Crippen LogP contribution is -2.37. The molecular formula is C26H26N2O3. The smallest absolute Gasteiger partial charge is 0.262 e. The van der Waals surface area contributed by atoms with Crippen molar-refractivity contribution in [2.24, 2.45) is 0 Å². The zero-order chi connectivity index (χ0) is 21.8. The van der Waals surface area contributed by atoms with Crippen molar-refractivity contribution in [3.63, 3.8) is 0 Å². The number of nitrogens with one attached hydrogen (secondary N) is 1. The molecule has 1 aliphatic rings. The molecule has 0 saturated heterocycles. The monoisotopic (exact) mass is 414 g/mol. The Morgan fingerprint density at radius 1 is 1.03 bits per heavy atom. The molecule has 1 aliphatic heterocycles. The average molecular weight is 415 g/mol. The lowest BCUT2D eigenvalue weighted by molar-refractivity contribution is -0.118. The zero-order valence-corrected chi connectivity index (χ0v) is 17.9. The summed E-state index contributed by atoms with van der Waals surface area (Å²) in [6.07, 6.45) is 0.697. The molecule has 5 nitrogen and oxygen atoms in total. The van der Waals surface area contributed by atoms with E-state index in [1.807, 2.05) is 66.4 Å². The summed E-state index contributed by atoms with van der Waals surface area (Å²) in [4.78, 5) is 27.3. The highest BCUT2D eigenvalue weighted by atomic mass is 16.5. The molecule has 0 spiro atoms. The number of hydrogen-bond donors (Lipinski definition) is 1. The van der Waals surface area contributed by atoms with Gasteiger partial charge in [0.25, 0.3) is 11.8 Å². The Balaban J connectivity index is 1.43. The Kier molecular flexibility index (Phi) is 6.03. The second-order valence-corrected chi connectivity index (χ2v) is 7.89. The van der Waals surface area contributed by atoms with Crippen LogP contribution in [0.2, 0.25) is 0 Å². The van der Waals surface area contributed by atoms with Gasteiger partial charge in [0, 0.05) is 29.9 Å². The molecular weight excluding hydrogens is 388 g/mol. The van der Waals surface area contributed by atoms with Crippen LogP contribution in [0.4, 0.5) is 5.69 Å². The van der Waals surface area contributed by atoms with Crippen LogP contribution in [-0.4, -0.2) is 29.9 Å². The van der Waals surface area contributed by atoms with Gasteiger partial charge in [-0.05, 0) is 61.2 Å². The highest BCUT2D eigenvalue weighted by Crippen LogP contribution is 2.29. The first-order valence-corrected chi connectivity index (χ1v) is 10.5. The molecule has 0 atom stereocenters. The Morgan fingerprint density at radius 3 is 2.65 bits per heavy atom. The quantitative estimate of drug-likeness (QED) is 0.645. The molecule has 0 saturated carbocycles. The fourth-order valence-corrected chi connectivity index (χ4v) is 3.88. The van der Waals surface area contributed by atoms with Crippen LogP contribution < -0.4 is 10.1 Å². The van der Waals surface area contributed by atoms with Gasteiger partial charge in [-0.15, -0.1) is 0 Å². The standard InChI is InChI=1S/C26H26N2O3/c1-18-7-5-10-21(15-18)27-25(29)17-31-24-12-6-11-23-22(24)13-14-28(26(23)30)16-20-9-4-3-8-19(20)2/h3-12,15H,13-14,16-17H2,1-2H3,(H,27,29). The van der Waals surface area contributed by atoms with E-state index in [2.05, 4.69) is 24.4 Å². The third-order valence-corrected chi connectivity index (χ3v) is 5.57. The molecule has 0 unspecified atom stereocenters. The van der Waals surface area contributed by atoms with E-state index < -0.39 is 0 Å². The molecule has 1 N–H and O–H groups in total. The average Bonchev–Trinajstić information content (AvgIpc) is 2.76. The van der Waals surface area contributed by atoms with Crippen LogP contribution in [0.15, 0.2) is 66.7 Å². The van der Waals surface area contributed by atoms with Gasteiger partial charge in [0.15, 0.2) is 6.61 Å². The molecule has 31 heavy (non-hydrogen) atoms. The fourth-order valence-electron chi connectivity index (χ4n) is 3.88. The van der Waals surface area contributed by atoms with Gasteiger partial charge in [-0.25, -0.2) is 0 Å². The predicted molar refractivity (Wildman–Crippen MR) is 121 cm³/mol. The number of anilines is 1. The Hall–Kier alpha value is -3.60. The van der Waals surface area contributed by atoms with E-state index in [0.717, 1.165) is 22.4 Å². The molecule has 1 heterocycles. The van der Waals surface area contributed by atoms with Crippen molar-refractivity contribution in [1.82, 2.24) is 4.90 Å². The van der Waals surface area contributed by atoms with E-state index in [4.69, 9.17) is 4.74 Å². The third kappa shape index (κ3) is 4.77. The molecule has 0 bridgehead atoms. The minimum Gasteiger partial charge on any atom is -0.483 e. The third-order valence-electron chi connectivity index (χ3n) is 5.57. The van der Waals surface area contributed by atoms with Gasteiger partial charge in [0.2, 0.25) is 0 Å². The number of fused-ring (bicyclic) bond motifs is 1. The van der Waals surface area contributed by atoms with Gasteiger partial charge < -0.3 is 15.0 Å². The van der Waals surface area contributed by atoms with Gasteiger partial charge in [-0.3, -0.25) is 9.59 Å². The number of carbonyl (C=O) groups is 2.